The predicted molar refractivity (Wildman–Crippen MR) is 98.8 cm³/mol. The number of benzene rings is 1. The molecule has 0 saturated carbocycles. The zero-order valence-electron chi connectivity index (χ0n) is 14.1. The van der Waals surface area contributed by atoms with Crippen LogP contribution in [0.15, 0.2) is 54.7 Å². The fraction of sp³-hybridized carbons (Fsp3) is 0.263. The summed E-state index contributed by atoms with van der Waals surface area (Å²) in [5.41, 5.74) is 2.99. The van der Waals surface area contributed by atoms with Gasteiger partial charge in [0.05, 0.1) is 5.52 Å². The number of aromatic nitrogens is 2. The quantitative estimate of drug-likeness (QED) is 0.632. The molecule has 118 valence electrons. The Kier molecular flexibility index (Phi) is 7.62. The van der Waals surface area contributed by atoms with E-state index >= 15 is 0 Å². The minimum absolute atomic E-state index is 0. The second kappa shape index (κ2) is 9.50. The summed E-state index contributed by atoms with van der Waals surface area (Å²) in [4.78, 5) is 8.74. The standard InChI is InChI=1S/C15H13N3.2C2H6.H2/c1-11-10-13(8-9-16-11)17-15-7-6-12-4-2-3-5-14(12)18-15;2*1-2;/h2-10H,1H3,(H,16,17,18);2*1-2H3;1H. The first-order valence-corrected chi connectivity index (χ1v) is 7.87. The summed E-state index contributed by atoms with van der Waals surface area (Å²) < 4.78 is 0. The SMILES string of the molecule is CC.CC.Cc1cc(Nc2ccc3ccccc3n2)ccn1.[HH]. The summed E-state index contributed by atoms with van der Waals surface area (Å²) in [5.74, 6) is 0.847. The monoisotopic (exact) mass is 297 g/mol. The van der Waals surface area contributed by atoms with Gasteiger partial charge in [-0.25, -0.2) is 4.98 Å². The molecule has 2 heterocycles. The van der Waals surface area contributed by atoms with E-state index < -0.39 is 0 Å². The lowest BCUT2D eigenvalue weighted by Crippen LogP contribution is -1.94. The molecule has 0 amide bonds. The number of hydrogen-bond donors (Lipinski definition) is 1. The normalized spacial score (nSPS) is 9.14. The molecule has 3 nitrogen and oxygen atoms in total. The van der Waals surface area contributed by atoms with Crippen LogP contribution >= 0.6 is 0 Å². The van der Waals surface area contributed by atoms with E-state index in [1.54, 1.807) is 6.20 Å². The number of nitrogens with one attached hydrogen (secondary N) is 1. The Morgan fingerprint density at radius 1 is 0.909 bits per heavy atom. The Labute approximate surface area is 134 Å². The van der Waals surface area contributed by atoms with E-state index in [4.69, 9.17) is 0 Å². The van der Waals surface area contributed by atoms with Gasteiger partial charge in [0.1, 0.15) is 5.82 Å². The zero-order valence-corrected chi connectivity index (χ0v) is 14.1. The second-order valence-electron chi connectivity index (χ2n) is 4.20. The van der Waals surface area contributed by atoms with E-state index in [1.807, 2.05) is 71.0 Å². The van der Waals surface area contributed by atoms with E-state index in [0.29, 0.717) is 0 Å². The molecule has 22 heavy (non-hydrogen) atoms. The van der Waals surface area contributed by atoms with Crippen molar-refractivity contribution >= 4 is 22.4 Å². The van der Waals surface area contributed by atoms with E-state index in [-0.39, 0.29) is 1.43 Å². The maximum absolute atomic E-state index is 4.57. The zero-order chi connectivity index (χ0) is 16.4. The summed E-state index contributed by atoms with van der Waals surface area (Å²) in [7, 11) is 0. The van der Waals surface area contributed by atoms with Gasteiger partial charge < -0.3 is 5.32 Å². The van der Waals surface area contributed by atoms with Crippen LogP contribution in [0, 0.1) is 6.92 Å². The van der Waals surface area contributed by atoms with Crippen LogP contribution in [0.2, 0.25) is 0 Å². The van der Waals surface area contributed by atoms with Gasteiger partial charge in [-0.1, -0.05) is 45.9 Å². The van der Waals surface area contributed by atoms with Crippen molar-refractivity contribution in [3.63, 3.8) is 0 Å². The van der Waals surface area contributed by atoms with Gasteiger partial charge in [0.25, 0.3) is 0 Å². The van der Waals surface area contributed by atoms with Crippen molar-refractivity contribution in [1.82, 2.24) is 9.97 Å². The number of hydrogen-bond acceptors (Lipinski definition) is 3. The molecule has 3 rings (SSSR count). The topological polar surface area (TPSA) is 37.8 Å². The highest BCUT2D eigenvalue weighted by molar-refractivity contribution is 5.80. The first-order chi connectivity index (χ1) is 10.8. The maximum atomic E-state index is 4.57. The molecule has 0 aliphatic heterocycles. The van der Waals surface area contributed by atoms with E-state index in [1.165, 1.54) is 0 Å². The third kappa shape index (κ3) is 4.85. The van der Waals surface area contributed by atoms with E-state index in [0.717, 1.165) is 28.1 Å². The van der Waals surface area contributed by atoms with Gasteiger partial charge in [-0.15, -0.1) is 0 Å². The summed E-state index contributed by atoms with van der Waals surface area (Å²) in [6.45, 7) is 9.97. The molecule has 0 aliphatic carbocycles. The Morgan fingerprint density at radius 3 is 2.36 bits per heavy atom. The number of para-hydroxylation sites is 1. The number of aryl methyl sites for hydroxylation is 1. The van der Waals surface area contributed by atoms with Crippen LogP contribution in [0.25, 0.3) is 10.9 Å². The van der Waals surface area contributed by atoms with E-state index in [2.05, 4.69) is 27.4 Å². The number of rotatable bonds is 2. The lowest BCUT2D eigenvalue weighted by Gasteiger charge is -2.06. The van der Waals surface area contributed by atoms with Crippen molar-refractivity contribution in [3.8, 4) is 0 Å². The molecule has 0 unspecified atom stereocenters. The second-order valence-corrected chi connectivity index (χ2v) is 4.20. The molecule has 0 atom stereocenters. The molecule has 0 fully saturated rings. The highest BCUT2D eigenvalue weighted by atomic mass is 15.0. The van der Waals surface area contributed by atoms with Gasteiger partial charge in [-0.05, 0) is 37.3 Å². The minimum atomic E-state index is 0. The lowest BCUT2D eigenvalue weighted by atomic mass is 10.2. The number of pyridine rings is 2. The number of nitrogens with zero attached hydrogens (tertiary/aromatic N) is 2. The molecule has 3 aromatic rings. The van der Waals surface area contributed by atoms with Crippen LogP contribution in [-0.4, -0.2) is 9.97 Å². The third-order valence-electron chi connectivity index (χ3n) is 2.77. The summed E-state index contributed by atoms with van der Waals surface area (Å²) in [5, 5.41) is 4.43. The largest absolute Gasteiger partial charge is 0.340 e. The van der Waals surface area contributed by atoms with Crippen molar-refractivity contribution in [2.45, 2.75) is 34.6 Å². The van der Waals surface area contributed by atoms with Crippen molar-refractivity contribution in [1.29, 1.82) is 0 Å². The lowest BCUT2D eigenvalue weighted by molar-refractivity contribution is 1.20. The molecule has 0 saturated heterocycles. The summed E-state index contributed by atoms with van der Waals surface area (Å²) in [6.07, 6.45) is 1.79. The van der Waals surface area contributed by atoms with Crippen molar-refractivity contribution in [2.24, 2.45) is 0 Å². The van der Waals surface area contributed by atoms with Gasteiger partial charge >= 0.3 is 0 Å². The molecule has 1 N–H and O–H groups in total. The first kappa shape index (κ1) is 17.6. The Bertz CT molecular complexity index is 699. The Hall–Kier alpha value is -2.42. The molecule has 0 radical (unpaired) electrons. The van der Waals surface area contributed by atoms with Crippen LogP contribution in [0.3, 0.4) is 0 Å². The molecule has 1 aromatic carbocycles. The highest BCUT2D eigenvalue weighted by Crippen LogP contribution is 2.18. The van der Waals surface area contributed by atoms with Crippen LogP contribution in [0.5, 0.6) is 0 Å². The minimum Gasteiger partial charge on any atom is -0.340 e. The maximum Gasteiger partial charge on any atom is 0.131 e. The molecular formula is C19H27N3. The Morgan fingerprint density at radius 2 is 1.64 bits per heavy atom. The molecule has 0 aliphatic rings. The Balaban J connectivity index is 0.000000901. The van der Waals surface area contributed by atoms with Crippen LogP contribution < -0.4 is 5.32 Å². The summed E-state index contributed by atoms with van der Waals surface area (Å²) >= 11 is 0. The fourth-order valence-electron chi connectivity index (χ4n) is 1.91. The first-order valence-electron chi connectivity index (χ1n) is 7.87. The average molecular weight is 297 g/mol. The van der Waals surface area contributed by atoms with Crippen LogP contribution in [-0.2, 0) is 0 Å². The fourth-order valence-corrected chi connectivity index (χ4v) is 1.91. The van der Waals surface area contributed by atoms with Crippen molar-refractivity contribution < 1.29 is 1.43 Å². The third-order valence-corrected chi connectivity index (χ3v) is 2.77. The molecule has 2 aromatic heterocycles. The van der Waals surface area contributed by atoms with Crippen LogP contribution in [0.1, 0.15) is 34.8 Å². The molecule has 0 spiro atoms. The van der Waals surface area contributed by atoms with E-state index in [9.17, 15) is 0 Å². The van der Waals surface area contributed by atoms with Gasteiger partial charge in [-0.2, -0.15) is 0 Å². The molecule has 0 bridgehead atoms. The van der Waals surface area contributed by atoms with Crippen molar-refractivity contribution in [3.05, 3.63) is 60.4 Å². The average Bonchev–Trinajstić information content (AvgIpc) is 2.58. The number of fused-ring (bicyclic) bond motifs is 1. The van der Waals surface area contributed by atoms with Gasteiger partial charge in [0, 0.05) is 24.4 Å². The van der Waals surface area contributed by atoms with Crippen molar-refractivity contribution in [2.75, 3.05) is 5.32 Å². The van der Waals surface area contributed by atoms with Gasteiger partial charge in [0.15, 0.2) is 0 Å². The van der Waals surface area contributed by atoms with Gasteiger partial charge in [-0.3, -0.25) is 4.98 Å². The molecule has 3 heteroatoms. The highest BCUT2D eigenvalue weighted by Gasteiger charge is 1.99. The van der Waals surface area contributed by atoms with Gasteiger partial charge in [0.2, 0.25) is 0 Å². The number of anilines is 2. The summed E-state index contributed by atoms with van der Waals surface area (Å²) in [6, 6.07) is 16.1. The van der Waals surface area contributed by atoms with Crippen LogP contribution in [0.4, 0.5) is 11.5 Å². The molecular weight excluding hydrogens is 270 g/mol. The smallest absolute Gasteiger partial charge is 0.131 e. The predicted octanol–water partition coefficient (Wildman–Crippen LogP) is 5.98.